The fourth-order valence-electron chi connectivity index (χ4n) is 3.03. The van der Waals surface area contributed by atoms with Crippen molar-refractivity contribution in [2.75, 3.05) is 0 Å². The van der Waals surface area contributed by atoms with E-state index in [1.165, 1.54) is 30.4 Å². The van der Waals surface area contributed by atoms with Gasteiger partial charge >= 0.3 is 0 Å². The maximum atomic E-state index is 3.82. The molecule has 1 saturated carbocycles. The first-order chi connectivity index (χ1) is 8.60. The lowest BCUT2D eigenvalue weighted by Gasteiger charge is -2.39. The number of hydrogen-bond donors (Lipinski definition) is 1. The van der Waals surface area contributed by atoms with Gasteiger partial charge in [-0.1, -0.05) is 50.6 Å². The summed E-state index contributed by atoms with van der Waals surface area (Å²) in [5.74, 6) is 1.53. The van der Waals surface area contributed by atoms with E-state index in [4.69, 9.17) is 0 Å². The molecule has 1 N–H and O–H groups in total. The molecule has 100 valence electrons. The predicted octanol–water partition coefficient (Wildman–Crippen LogP) is 4.27. The molecular formula is C17H27N. The topological polar surface area (TPSA) is 12.0 Å². The molecule has 1 heteroatoms. The Morgan fingerprint density at radius 2 is 2.00 bits per heavy atom. The van der Waals surface area contributed by atoms with E-state index in [1.54, 1.807) is 0 Å². The Balaban J connectivity index is 1.83. The maximum absolute atomic E-state index is 3.82. The van der Waals surface area contributed by atoms with Gasteiger partial charge in [-0.05, 0) is 43.6 Å². The minimum absolute atomic E-state index is 0.688. The molecule has 0 saturated heterocycles. The standard InChI is InChI=1S/C17H27N/c1-5-17(12(2)3)18-16-10-15(11-16)14-8-6-7-13(4)9-14/h6-9,12,15-18H,5,10-11H2,1-4H3. The van der Waals surface area contributed by atoms with Crippen LogP contribution < -0.4 is 5.32 Å². The van der Waals surface area contributed by atoms with Gasteiger partial charge in [0.15, 0.2) is 0 Å². The molecule has 2 rings (SSSR count). The van der Waals surface area contributed by atoms with Gasteiger partial charge in [-0.25, -0.2) is 0 Å². The lowest BCUT2D eigenvalue weighted by atomic mass is 9.75. The van der Waals surface area contributed by atoms with Gasteiger partial charge in [0.05, 0.1) is 0 Å². The average molecular weight is 245 g/mol. The molecule has 18 heavy (non-hydrogen) atoms. The zero-order valence-electron chi connectivity index (χ0n) is 12.2. The van der Waals surface area contributed by atoms with Crippen molar-refractivity contribution < 1.29 is 0 Å². The molecule has 0 amide bonds. The first-order valence-corrected chi connectivity index (χ1v) is 7.42. The van der Waals surface area contributed by atoms with E-state index in [-0.39, 0.29) is 0 Å². The molecule has 1 atom stereocenters. The highest BCUT2D eigenvalue weighted by molar-refractivity contribution is 5.27. The summed E-state index contributed by atoms with van der Waals surface area (Å²) in [6.07, 6.45) is 3.86. The normalized spacial score (nSPS) is 24.9. The molecule has 1 fully saturated rings. The van der Waals surface area contributed by atoms with E-state index in [0.29, 0.717) is 6.04 Å². The van der Waals surface area contributed by atoms with Gasteiger partial charge in [-0.2, -0.15) is 0 Å². The quantitative estimate of drug-likeness (QED) is 0.817. The van der Waals surface area contributed by atoms with Gasteiger partial charge in [0, 0.05) is 12.1 Å². The third-order valence-electron chi connectivity index (χ3n) is 4.35. The fraction of sp³-hybridized carbons (Fsp3) is 0.647. The highest BCUT2D eigenvalue weighted by Crippen LogP contribution is 2.37. The summed E-state index contributed by atoms with van der Waals surface area (Å²) in [5.41, 5.74) is 2.92. The third-order valence-corrected chi connectivity index (χ3v) is 4.35. The summed E-state index contributed by atoms with van der Waals surface area (Å²) in [5, 5.41) is 3.82. The Morgan fingerprint density at radius 1 is 1.28 bits per heavy atom. The van der Waals surface area contributed by atoms with Crippen LogP contribution in [-0.2, 0) is 0 Å². The number of aryl methyl sites for hydroxylation is 1. The van der Waals surface area contributed by atoms with Gasteiger partial charge in [0.2, 0.25) is 0 Å². The maximum Gasteiger partial charge on any atom is 0.00900 e. The zero-order chi connectivity index (χ0) is 13.1. The zero-order valence-corrected chi connectivity index (χ0v) is 12.2. The first kappa shape index (κ1) is 13.6. The Hall–Kier alpha value is -0.820. The molecule has 0 aromatic heterocycles. The van der Waals surface area contributed by atoms with Gasteiger partial charge < -0.3 is 5.32 Å². The van der Waals surface area contributed by atoms with Crippen LogP contribution in [0.2, 0.25) is 0 Å². The van der Waals surface area contributed by atoms with Gasteiger partial charge in [-0.15, -0.1) is 0 Å². The summed E-state index contributed by atoms with van der Waals surface area (Å²) in [6, 6.07) is 10.4. The van der Waals surface area contributed by atoms with Crippen LogP contribution in [0.1, 0.15) is 57.1 Å². The number of hydrogen-bond acceptors (Lipinski definition) is 1. The summed E-state index contributed by atoms with van der Waals surface area (Å²) in [7, 11) is 0. The van der Waals surface area contributed by atoms with E-state index in [9.17, 15) is 0 Å². The van der Waals surface area contributed by atoms with Crippen LogP contribution in [0.25, 0.3) is 0 Å². The first-order valence-electron chi connectivity index (χ1n) is 7.42. The molecule has 1 aromatic rings. The molecule has 1 aliphatic carbocycles. The van der Waals surface area contributed by atoms with Crippen molar-refractivity contribution in [3.63, 3.8) is 0 Å². The molecule has 0 aliphatic heterocycles. The summed E-state index contributed by atoms with van der Waals surface area (Å²) < 4.78 is 0. The molecule has 0 spiro atoms. The highest BCUT2D eigenvalue weighted by Gasteiger charge is 2.31. The minimum Gasteiger partial charge on any atom is -0.311 e. The lowest BCUT2D eigenvalue weighted by Crippen LogP contribution is -2.47. The Morgan fingerprint density at radius 3 is 2.56 bits per heavy atom. The predicted molar refractivity (Wildman–Crippen MR) is 79.0 cm³/mol. The molecule has 0 heterocycles. The Bertz CT molecular complexity index is 377. The second-order valence-electron chi connectivity index (χ2n) is 6.20. The minimum atomic E-state index is 0.688. The number of benzene rings is 1. The van der Waals surface area contributed by atoms with Gasteiger partial charge in [0.1, 0.15) is 0 Å². The molecule has 1 aromatic carbocycles. The van der Waals surface area contributed by atoms with Gasteiger partial charge in [-0.3, -0.25) is 0 Å². The van der Waals surface area contributed by atoms with Crippen molar-refractivity contribution in [1.82, 2.24) is 5.32 Å². The van der Waals surface area contributed by atoms with Crippen LogP contribution in [0.4, 0.5) is 0 Å². The molecule has 1 unspecified atom stereocenters. The smallest absolute Gasteiger partial charge is 0.00900 e. The monoisotopic (exact) mass is 245 g/mol. The SMILES string of the molecule is CCC(NC1CC(c2cccc(C)c2)C1)C(C)C. The van der Waals surface area contributed by atoms with E-state index >= 15 is 0 Å². The van der Waals surface area contributed by atoms with Crippen molar-refractivity contribution >= 4 is 0 Å². The highest BCUT2D eigenvalue weighted by atomic mass is 15.0. The molecule has 0 radical (unpaired) electrons. The van der Waals surface area contributed by atoms with E-state index in [0.717, 1.165) is 17.9 Å². The van der Waals surface area contributed by atoms with Crippen LogP contribution in [-0.4, -0.2) is 12.1 Å². The summed E-state index contributed by atoms with van der Waals surface area (Å²) >= 11 is 0. The van der Waals surface area contributed by atoms with Crippen molar-refractivity contribution in [2.24, 2.45) is 5.92 Å². The molecule has 1 aliphatic rings. The number of nitrogens with one attached hydrogen (secondary N) is 1. The lowest BCUT2D eigenvalue weighted by molar-refractivity contribution is 0.237. The van der Waals surface area contributed by atoms with Crippen LogP contribution in [0.3, 0.4) is 0 Å². The fourth-order valence-corrected chi connectivity index (χ4v) is 3.03. The van der Waals surface area contributed by atoms with E-state index in [1.807, 2.05) is 0 Å². The van der Waals surface area contributed by atoms with Crippen molar-refractivity contribution in [1.29, 1.82) is 0 Å². The Kier molecular flexibility index (Phi) is 4.45. The third kappa shape index (κ3) is 3.14. The van der Waals surface area contributed by atoms with Crippen molar-refractivity contribution in [3.8, 4) is 0 Å². The molecule has 0 bridgehead atoms. The van der Waals surface area contributed by atoms with Crippen molar-refractivity contribution in [3.05, 3.63) is 35.4 Å². The second-order valence-corrected chi connectivity index (χ2v) is 6.20. The number of rotatable bonds is 5. The average Bonchev–Trinajstić information content (AvgIpc) is 2.27. The molecule has 1 nitrogen and oxygen atoms in total. The summed E-state index contributed by atoms with van der Waals surface area (Å²) in [6.45, 7) is 9.11. The van der Waals surface area contributed by atoms with Crippen molar-refractivity contribution in [2.45, 2.75) is 65.0 Å². The Labute approximate surface area is 112 Å². The largest absolute Gasteiger partial charge is 0.311 e. The summed E-state index contributed by atoms with van der Waals surface area (Å²) in [4.78, 5) is 0. The second kappa shape index (κ2) is 5.88. The molecular weight excluding hydrogens is 218 g/mol. The van der Waals surface area contributed by atoms with Crippen LogP contribution >= 0.6 is 0 Å². The van der Waals surface area contributed by atoms with E-state index < -0.39 is 0 Å². The van der Waals surface area contributed by atoms with Crippen LogP contribution in [0, 0.1) is 12.8 Å². The van der Waals surface area contributed by atoms with Gasteiger partial charge in [0.25, 0.3) is 0 Å². The van der Waals surface area contributed by atoms with E-state index in [2.05, 4.69) is 57.3 Å². The van der Waals surface area contributed by atoms with Crippen LogP contribution in [0.5, 0.6) is 0 Å². The van der Waals surface area contributed by atoms with Crippen LogP contribution in [0.15, 0.2) is 24.3 Å².